The van der Waals surface area contributed by atoms with Crippen LogP contribution in [0.4, 0.5) is 4.79 Å². The van der Waals surface area contributed by atoms with Gasteiger partial charge in [0.1, 0.15) is 11.6 Å². The Balaban J connectivity index is 0.00000361. The van der Waals surface area contributed by atoms with Gasteiger partial charge < -0.3 is 27.0 Å². The van der Waals surface area contributed by atoms with Crippen molar-refractivity contribution >= 4 is 28.1 Å². The highest BCUT2D eigenvalue weighted by Crippen LogP contribution is 2.14. The highest BCUT2D eigenvalue weighted by Gasteiger charge is 2.34. The summed E-state index contributed by atoms with van der Waals surface area (Å²) in [4.78, 5) is 17.5. The van der Waals surface area contributed by atoms with Gasteiger partial charge in [-0.25, -0.2) is 9.79 Å². The lowest BCUT2D eigenvalue weighted by atomic mass is 9.99. The van der Waals surface area contributed by atoms with Crippen LogP contribution in [0.3, 0.4) is 0 Å². The molecule has 0 aliphatic carbocycles. The van der Waals surface area contributed by atoms with Crippen LogP contribution >= 0.6 is 0 Å². The number of amides is 1. The number of hydrogen-bond donors (Lipinski definition) is 1. The lowest BCUT2D eigenvalue weighted by Gasteiger charge is -2.24. The van der Waals surface area contributed by atoms with Gasteiger partial charge in [0.2, 0.25) is 17.1 Å². The van der Waals surface area contributed by atoms with E-state index in [1.165, 1.54) is 0 Å². The summed E-state index contributed by atoms with van der Waals surface area (Å²) in [6.07, 6.45) is 0.615. The SMILES string of the molecule is CC[C@H](C)[C@H](NC(=O)OC(C)(C)C)C1=[S+]CC(C)=N1.[Br-]. The summed E-state index contributed by atoms with van der Waals surface area (Å²) in [5.41, 5.74) is 0.635. The molecule has 1 amide bonds. The van der Waals surface area contributed by atoms with Gasteiger partial charge in [-0.3, -0.25) is 0 Å². The predicted octanol–water partition coefficient (Wildman–Crippen LogP) is -0.383. The first-order chi connectivity index (χ1) is 8.73. The van der Waals surface area contributed by atoms with Crippen molar-refractivity contribution in [1.29, 1.82) is 0 Å². The summed E-state index contributed by atoms with van der Waals surface area (Å²) >= 11 is 1.70. The first-order valence-electron chi connectivity index (χ1n) is 6.76. The van der Waals surface area contributed by atoms with Crippen LogP contribution < -0.4 is 22.3 Å². The van der Waals surface area contributed by atoms with E-state index in [-0.39, 0.29) is 29.1 Å². The summed E-state index contributed by atoms with van der Waals surface area (Å²) in [6.45, 7) is 11.9. The second-order valence-electron chi connectivity index (χ2n) is 5.98. The Labute approximate surface area is 136 Å². The van der Waals surface area contributed by atoms with E-state index < -0.39 is 5.60 Å². The molecule has 1 aliphatic rings. The van der Waals surface area contributed by atoms with E-state index in [4.69, 9.17) is 4.74 Å². The number of nitrogens with zero attached hydrogens (tertiary/aromatic N) is 1. The number of ether oxygens (including phenoxy) is 1. The quantitative estimate of drug-likeness (QED) is 0.545. The predicted molar refractivity (Wildman–Crippen MR) is 83.0 cm³/mol. The van der Waals surface area contributed by atoms with Crippen molar-refractivity contribution in [2.75, 3.05) is 5.75 Å². The summed E-state index contributed by atoms with van der Waals surface area (Å²) in [7, 11) is 0. The maximum Gasteiger partial charge on any atom is 0.408 e. The van der Waals surface area contributed by atoms with E-state index in [0.717, 1.165) is 22.9 Å². The van der Waals surface area contributed by atoms with Crippen LogP contribution in [0.15, 0.2) is 4.99 Å². The number of carbonyl (C=O) groups is 1. The van der Waals surface area contributed by atoms with Gasteiger partial charge >= 0.3 is 11.1 Å². The molecule has 0 aromatic carbocycles. The molecule has 0 spiro atoms. The fraction of sp³-hybridized carbons (Fsp3) is 0.786. The molecule has 0 saturated carbocycles. The Hall–Kier alpha value is -0.490. The fourth-order valence-corrected chi connectivity index (χ4v) is 2.82. The van der Waals surface area contributed by atoms with Crippen molar-refractivity contribution in [3.8, 4) is 0 Å². The smallest absolute Gasteiger partial charge is 0.408 e. The molecule has 0 fully saturated rings. The molecule has 0 aromatic heterocycles. The number of alkyl carbamates (subject to hydrolysis) is 1. The molecule has 116 valence electrons. The van der Waals surface area contributed by atoms with Crippen molar-refractivity contribution in [2.45, 2.75) is 59.6 Å². The number of carbonyl (C=O) groups excluding carboxylic acids is 1. The number of hydrogen-bond acceptors (Lipinski definition) is 3. The van der Waals surface area contributed by atoms with Gasteiger partial charge in [0.15, 0.2) is 0 Å². The fourth-order valence-electron chi connectivity index (χ4n) is 1.71. The maximum absolute atomic E-state index is 11.9. The second kappa shape index (κ2) is 8.08. The highest BCUT2D eigenvalue weighted by atomic mass is 79.9. The standard InChI is InChI=1S/C14H24N2O2S.BrH/c1-7-9(2)11(12-15-10(3)8-19-12)16-13(17)18-14(4,5)6;/h9,11H,7-8H2,1-6H3;1H/t9-,11-;/m0./s1. The summed E-state index contributed by atoms with van der Waals surface area (Å²) in [5, 5.41) is 2.96. The maximum atomic E-state index is 11.9. The lowest BCUT2D eigenvalue weighted by molar-refractivity contribution is -0.0000268. The molecule has 0 aromatic rings. The molecule has 6 heteroatoms. The van der Waals surface area contributed by atoms with Crippen molar-refractivity contribution in [1.82, 2.24) is 5.32 Å². The molecule has 20 heavy (non-hydrogen) atoms. The molecule has 1 N–H and O–H groups in total. The van der Waals surface area contributed by atoms with Crippen molar-refractivity contribution < 1.29 is 26.5 Å². The van der Waals surface area contributed by atoms with Gasteiger partial charge in [0.05, 0.1) is 5.71 Å². The Morgan fingerprint density at radius 3 is 2.50 bits per heavy atom. The molecule has 2 atom stereocenters. The van der Waals surface area contributed by atoms with Crippen molar-refractivity contribution in [3.63, 3.8) is 0 Å². The minimum absolute atomic E-state index is 0. The van der Waals surface area contributed by atoms with Crippen LogP contribution in [0.5, 0.6) is 0 Å². The van der Waals surface area contributed by atoms with E-state index in [9.17, 15) is 4.79 Å². The molecule has 0 radical (unpaired) electrons. The molecule has 0 unspecified atom stereocenters. The topological polar surface area (TPSA) is 50.7 Å². The van der Waals surface area contributed by atoms with Crippen molar-refractivity contribution in [3.05, 3.63) is 0 Å². The summed E-state index contributed by atoms with van der Waals surface area (Å²) in [5.74, 6) is 1.25. The number of rotatable bonds is 4. The third-order valence-corrected chi connectivity index (χ3v) is 4.08. The second-order valence-corrected chi connectivity index (χ2v) is 6.98. The van der Waals surface area contributed by atoms with Crippen LogP contribution in [-0.4, -0.2) is 34.2 Å². The molecule has 4 nitrogen and oxygen atoms in total. The largest absolute Gasteiger partial charge is 1.00 e. The molecule has 1 rings (SSSR count). The molecular formula is C14H25BrN2O2S. The molecular weight excluding hydrogens is 340 g/mol. The Kier molecular flexibility index (Phi) is 7.88. The van der Waals surface area contributed by atoms with E-state index in [0.29, 0.717) is 5.92 Å². The van der Waals surface area contributed by atoms with Crippen LogP contribution in [-0.2, 0) is 16.1 Å². The third-order valence-electron chi connectivity index (χ3n) is 2.88. The van der Waals surface area contributed by atoms with Crippen LogP contribution in [0.25, 0.3) is 0 Å². The minimum Gasteiger partial charge on any atom is -1.00 e. The van der Waals surface area contributed by atoms with Crippen LogP contribution in [0.2, 0.25) is 0 Å². The number of aliphatic imine (C=N–C) groups is 1. The Morgan fingerprint density at radius 1 is 1.50 bits per heavy atom. The van der Waals surface area contributed by atoms with E-state index in [1.807, 2.05) is 27.7 Å². The van der Waals surface area contributed by atoms with Crippen molar-refractivity contribution in [2.24, 2.45) is 10.9 Å². The monoisotopic (exact) mass is 364 g/mol. The lowest BCUT2D eigenvalue weighted by Crippen LogP contribution is -3.00. The first-order valence-corrected chi connectivity index (χ1v) is 7.74. The van der Waals surface area contributed by atoms with Gasteiger partial charge in [0.25, 0.3) is 0 Å². The van der Waals surface area contributed by atoms with Gasteiger partial charge in [-0.2, -0.15) is 0 Å². The average Bonchev–Trinajstić information content (AvgIpc) is 2.69. The van der Waals surface area contributed by atoms with E-state index in [1.54, 1.807) is 11.4 Å². The minimum atomic E-state index is -0.475. The van der Waals surface area contributed by atoms with Gasteiger partial charge in [-0.15, -0.1) is 0 Å². The molecule has 1 aliphatic heterocycles. The summed E-state index contributed by atoms with van der Waals surface area (Å²) < 4.78 is 5.33. The van der Waals surface area contributed by atoms with Crippen LogP contribution in [0.1, 0.15) is 48.0 Å². The average molecular weight is 365 g/mol. The number of halogens is 1. The normalized spacial score (nSPS) is 17.5. The zero-order chi connectivity index (χ0) is 14.6. The summed E-state index contributed by atoms with van der Waals surface area (Å²) in [6, 6.07) is -0.0534. The molecule has 0 saturated heterocycles. The van der Waals surface area contributed by atoms with Gasteiger partial charge in [-0.05, 0) is 33.6 Å². The zero-order valence-corrected chi connectivity index (χ0v) is 15.5. The van der Waals surface area contributed by atoms with E-state index >= 15 is 0 Å². The van der Waals surface area contributed by atoms with Gasteiger partial charge in [-0.1, -0.05) is 20.3 Å². The Bertz CT molecular complexity index is 402. The Morgan fingerprint density at radius 2 is 2.10 bits per heavy atom. The third kappa shape index (κ3) is 6.31. The zero-order valence-electron chi connectivity index (χ0n) is 13.1. The van der Waals surface area contributed by atoms with E-state index in [2.05, 4.69) is 24.2 Å². The molecule has 1 heterocycles. The van der Waals surface area contributed by atoms with Gasteiger partial charge in [0, 0.05) is 0 Å². The molecule has 0 bridgehead atoms. The number of nitrogens with one attached hydrogen (secondary N) is 1. The first kappa shape index (κ1) is 19.5. The highest BCUT2D eigenvalue weighted by molar-refractivity contribution is 7.80. The van der Waals surface area contributed by atoms with Crippen LogP contribution in [0, 0.1) is 5.92 Å².